The fraction of sp³-hybridized carbons (Fsp3) is 0.273. The lowest BCUT2D eigenvalue weighted by molar-refractivity contribution is 0.112. The zero-order valence-electron chi connectivity index (χ0n) is 7.90. The number of aldehydes is 1. The maximum atomic E-state index is 10.4. The van der Waals surface area contributed by atoms with Gasteiger partial charge in [0.2, 0.25) is 0 Å². The average molecular weight is 175 g/mol. The monoisotopic (exact) mass is 175 g/mol. The zero-order valence-corrected chi connectivity index (χ0v) is 7.90. The Morgan fingerprint density at radius 1 is 1.15 bits per heavy atom. The summed E-state index contributed by atoms with van der Waals surface area (Å²) in [5.41, 5.74) is 1.72. The molecule has 13 heavy (non-hydrogen) atoms. The first-order valence-corrected chi connectivity index (χ1v) is 4.31. The summed E-state index contributed by atoms with van der Waals surface area (Å²) < 4.78 is 0. The van der Waals surface area contributed by atoms with Gasteiger partial charge in [-0.3, -0.25) is 9.79 Å². The molecule has 1 aromatic carbocycles. The van der Waals surface area contributed by atoms with Crippen molar-refractivity contribution < 1.29 is 4.79 Å². The minimum atomic E-state index is 0.311. The Balaban J connectivity index is 2.75. The summed E-state index contributed by atoms with van der Waals surface area (Å²) in [5, 5.41) is 0. The van der Waals surface area contributed by atoms with Crippen LogP contribution >= 0.6 is 0 Å². The molecular formula is C11H13NO. The second-order valence-electron chi connectivity index (χ2n) is 3.16. The van der Waals surface area contributed by atoms with Crippen LogP contribution in [0.1, 0.15) is 29.8 Å². The van der Waals surface area contributed by atoms with Crippen LogP contribution < -0.4 is 0 Å². The fourth-order valence-corrected chi connectivity index (χ4v) is 0.896. The third-order valence-electron chi connectivity index (χ3n) is 1.59. The minimum Gasteiger partial charge on any atom is -0.298 e. The van der Waals surface area contributed by atoms with E-state index in [1.54, 1.807) is 12.1 Å². The molecule has 0 radical (unpaired) electrons. The Hall–Kier alpha value is -1.44. The summed E-state index contributed by atoms with van der Waals surface area (Å²) in [7, 11) is 0. The Bertz CT molecular complexity index is 298. The molecule has 0 unspecified atom stereocenters. The van der Waals surface area contributed by atoms with Crippen LogP contribution in [-0.2, 0) is 0 Å². The van der Waals surface area contributed by atoms with Crippen molar-refractivity contribution in [1.82, 2.24) is 0 Å². The molecule has 68 valence electrons. The Kier molecular flexibility index (Phi) is 3.38. The van der Waals surface area contributed by atoms with Gasteiger partial charge in [0, 0.05) is 17.8 Å². The van der Waals surface area contributed by atoms with E-state index in [0.717, 1.165) is 11.8 Å². The van der Waals surface area contributed by atoms with Crippen molar-refractivity contribution in [3.63, 3.8) is 0 Å². The number of carbonyl (C=O) groups excluding carboxylic acids is 1. The number of nitrogens with zero attached hydrogens (tertiary/aromatic N) is 1. The number of hydrogen-bond acceptors (Lipinski definition) is 2. The van der Waals surface area contributed by atoms with Crippen LogP contribution in [0.4, 0.5) is 0 Å². The predicted molar refractivity (Wildman–Crippen MR) is 54.6 cm³/mol. The van der Waals surface area contributed by atoms with Crippen LogP contribution in [-0.4, -0.2) is 18.5 Å². The van der Waals surface area contributed by atoms with Crippen molar-refractivity contribution in [2.45, 2.75) is 19.9 Å². The van der Waals surface area contributed by atoms with Crippen molar-refractivity contribution >= 4 is 12.5 Å². The summed E-state index contributed by atoms with van der Waals surface area (Å²) >= 11 is 0. The van der Waals surface area contributed by atoms with Crippen LogP contribution in [0.5, 0.6) is 0 Å². The van der Waals surface area contributed by atoms with Crippen molar-refractivity contribution in [1.29, 1.82) is 0 Å². The summed E-state index contributed by atoms with van der Waals surface area (Å²) in [4.78, 5) is 14.6. The highest BCUT2D eigenvalue weighted by Gasteiger charge is 1.90. The molecule has 2 heteroatoms. The topological polar surface area (TPSA) is 29.4 Å². The largest absolute Gasteiger partial charge is 0.298 e. The van der Waals surface area contributed by atoms with E-state index in [-0.39, 0.29) is 0 Å². The van der Waals surface area contributed by atoms with Gasteiger partial charge < -0.3 is 0 Å². The molecule has 0 fully saturated rings. The lowest BCUT2D eigenvalue weighted by Crippen LogP contribution is -1.90. The predicted octanol–water partition coefficient (Wildman–Crippen LogP) is 2.33. The van der Waals surface area contributed by atoms with Crippen LogP contribution in [0.3, 0.4) is 0 Å². The number of aliphatic imine (C=N–C) groups is 1. The van der Waals surface area contributed by atoms with Gasteiger partial charge in [-0.25, -0.2) is 0 Å². The van der Waals surface area contributed by atoms with E-state index >= 15 is 0 Å². The normalized spacial score (nSPS) is 11.0. The molecule has 0 saturated heterocycles. The van der Waals surface area contributed by atoms with Crippen molar-refractivity contribution in [3.8, 4) is 0 Å². The number of carbonyl (C=O) groups is 1. The standard InChI is InChI=1S/C11H13NO/c1-9(2)12-7-10-3-5-11(8-13)6-4-10/h3-9H,1-2H3. The maximum Gasteiger partial charge on any atom is 0.150 e. The first-order valence-electron chi connectivity index (χ1n) is 4.31. The van der Waals surface area contributed by atoms with Gasteiger partial charge in [0.1, 0.15) is 6.29 Å². The van der Waals surface area contributed by atoms with Gasteiger partial charge in [0.15, 0.2) is 0 Å². The maximum absolute atomic E-state index is 10.4. The molecule has 0 N–H and O–H groups in total. The van der Waals surface area contributed by atoms with Gasteiger partial charge in [-0.1, -0.05) is 24.3 Å². The van der Waals surface area contributed by atoms with E-state index in [9.17, 15) is 4.79 Å². The SMILES string of the molecule is CC(C)N=Cc1ccc(C=O)cc1. The lowest BCUT2D eigenvalue weighted by atomic mass is 10.2. The van der Waals surface area contributed by atoms with Gasteiger partial charge in [-0.15, -0.1) is 0 Å². The van der Waals surface area contributed by atoms with Gasteiger partial charge in [-0.2, -0.15) is 0 Å². The molecule has 0 aromatic heterocycles. The van der Waals surface area contributed by atoms with Crippen LogP contribution in [0.2, 0.25) is 0 Å². The van der Waals surface area contributed by atoms with Gasteiger partial charge in [0.25, 0.3) is 0 Å². The molecule has 1 rings (SSSR count). The molecule has 0 aliphatic rings. The second kappa shape index (κ2) is 4.55. The van der Waals surface area contributed by atoms with E-state index in [1.807, 2.05) is 32.2 Å². The fourth-order valence-electron chi connectivity index (χ4n) is 0.896. The molecule has 0 saturated carbocycles. The van der Waals surface area contributed by atoms with Gasteiger partial charge in [0.05, 0.1) is 0 Å². The Morgan fingerprint density at radius 2 is 1.69 bits per heavy atom. The molecule has 0 amide bonds. The molecule has 0 heterocycles. The third kappa shape index (κ3) is 3.20. The van der Waals surface area contributed by atoms with Crippen molar-refractivity contribution in [2.24, 2.45) is 4.99 Å². The van der Waals surface area contributed by atoms with E-state index in [1.165, 1.54) is 0 Å². The summed E-state index contributed by atoms with van der Waals surface area (Å²) in [6, 6.07) is 7.65. The summed E-state index contributed by atoms with van der Waals surface area (Å²) in [5.74, 6) is 0. The van der Waals surface area contributed by atoms with Crippen molar-refractivity contribution in [2.75, 3.05) is 0 Å². The first kappa shape index (κ1) is 9.65. The molecule has 0 aliphatic carbocycles. The highest BCUT2D eigenvalue weighted by Crippen LogP contribution is 2.00. The first-order chi connectivity index (χ1) is 6.22. The van der Waals surface area contributed by atoms with Crippen LogP contribution in [0, 0.1) is 0 Å². The highest BCUT2D eigenvalue weighted by molar-refractivity contribution is 5.82. The molecule has 0 bridgehead atoms. The van der Waals surface area contributed by atoms with Crippen LogP contribution in [0.25, 0.3) is 0 Å². The highest BCUT2D eigenvalue weighted by atomic mass is 16.1. The summed E-state index contributed by atoms with van der Waals surface area (Å²) in [6.07, 6.45) is 2.66. The molecule has 0 spiro atoms. The Labute approximate surface area is 78.3 Å². The Morgan fingerprint density at radius 3 is 2.15 bits per heavy atom. The lowest BCUT2D eigenvalue weighted by Gasteiger charge is -1.96. The molecular weight excluding hydrogens is 162 g/mol. The average Bonchev–Trinajstić information content (AvgIpc) is 2.15. The third-order valence-corrected chi connectivity index (χ3v) is 1.59. The molecule has 2 nitrogen and oxygen atoms in total. The quantitative estimate of drug-likeness (QED) is 0.512. The molecule has 0 atom stereocenters. The van der Waals surface area contributed by atoms with Crippen molar-refractivity contribution in [3.05, 3.63) is 35.4 Å². The van der Waals surface area contributed by atoms with E-state index in [0.29, 0.717) is 11.6 Å². The number of benzene rings is 1. The molecule has 0 aliphatic heterocycles. The number of hydrogen-bond donors (Lipinski definition) is 0. The number of rotatable bonds is 3. The minimum absolute atomic E-state index is 0.311. The van der Waals surface area contributed by atoms with E-state index < -0.39 is 0 Å². The summed E-state index contributed by atoms with van der Waals surface area (Å²) in [6.45, 7) is 4.05. The zero-order chi connectivity index (χ0) is 9.68. The van der Waals surface area contributed by atoms with Gasteiger partial charge in [-0.05, 0) is 19.4 Å². The second-order valence-corrected chi connectivity index (χ2v) is 3.16. The van der Waals surface area contributed by atoms with E-state index in [2.05, 4.69) is 4.99 Å². The molecule has 1 aromatic rings. The van der Waals surface area contributed by atoms with Gasteiger partial charge >= 0.3 is 0 Å². The van der Waals surface area contributed by atoms with E-state index in [4.69, 9.17) is 0 Å². The van der Waals surface area contributed by atoms with Crippen LogP contribution in [0.15, 0.2) is 29.3 Å². The smallest absolute Gasteiger partial charge is 0.150 e.